The second-order valence-corrected chi connectivity index (χ2v) is 8.02. The molecule has 0 bridgehead atoms. The normalized spacial score (nSPS) is 15.5. The Hall–Kier alpha value is -2.28. The van der Waals surface area contributed by atoms with E-state index >= 15 is 0 Å². The summed E-state index contributed by atoms with van der Waals surface area (Å²) in [6.07, 6.45) is 0.802. The number of halogens is 2. The van der Waals surface area contributed by atoms with Crippen LogP contribution in [0, 0.1) is 0 Å². The van der Waals surface area contributed by atoms with E-state index < -0.39 is 6.03 Å². The van der Waals surface area contributed by atoms with Crippen molar-refractivity contribution in [2.45, 2.75) is 19.4 Å². The standard InChI is InChI=1S/C22H25Cl2N3O3/c1-15-18-6-4-3-5-16(18)9-10-27(15)21(28)14-26(11-12-30-2)22(29)25-20-8-7-17(23)13-19(20)24/h3-8,13,15H,9-12,14H2,1-2H3,(H,25,29). The van der Waals surface area contributed by atoms with Crippen molar-refractivity contribution in [1.82, 2.24) is 9.80 Å². The summed E-state index contributed by atoms with van der Waals surface area (Å²) in [5, 5.41) is 3.56. The zero-order valence-electron chi connectivity index (χ0n) is 17.0. The summed E-state index contributed by atoms with van der Waals surface area (Å²) in [5.41, 5.74) is 2.85. The molecule has 1 N–H and O–H groups in total. The fraction of sp³-hybridized carbons (Fsp3) is 0.364. The maximum absolute atomic E-state index is 13.1. The van der Waals surface area contributed by atoms with E-state index in [-0.39, 0.29) is 25.0 Å². The summed E-state index contributed by atoms with van der Waals surface area (Å²) in [7, 11) is 1.55. The highest BCUT2D eigenvalue weighted by atomic mass is 35.5. The molecule has 30 heavy (non-hydrogen) atoms. The molecule has 6 nitrogen and oxygen atoms in total. The van der Waals surface area contributed by atoms with Gasteiger partial charge in [-0.25, -0.2) is 4.79 Å². The number of hydrogen-bond acceptors (Lipinski definition) is 3. The molecule has 0 aromatic heterocycles. The molecule has 8 heteroatoms. The molecule has 0 radical (unpaired) electrons. The van der Waals surface area contributed by atoms with Gasteiger partial charge in [-0.3, -0.25) is 4.79 Å². The van der Waals surface area contributed by atoms with Gasteiger partial charge in [0.15, 0.2) is 0 Å². The average molecular weight is 450 g/mol. The van der Waals surface area contributed by atoms with Gasteiger partial charge in [0.2, 0.25) is 5.91 Å². The fourth-order valence-electron chi connectivity index (χ4n) is 3.61. The average Bonchev–Trinajstić information content (AvgIpc) is 2.73. The molecule has 1 aliphatic heterocycles. The second kappa shape index (κ2) is 10.2. The van der Waals surface area contributed by atoms with Crippen molar-refractivity contribution in [2.24, 2.45) is 0 Å². The highest BCUT2D eigenvalue weighted by molar-refractivity contribution is 6.36. The van der Waals surface area contributed by atoms with Crippen LogP contribution in [0.25, 0.3) is 0 Å². The summed E-state index contributed by atoms with van der Waals surface area (Å²) in [6.45, 7) is 3.18. The Morgan fingerprint density at radius 2 is 2.00 bits per heavy atom. The van der Waals surface area contributed by atoms with Crippen LogP contribution in [0.15, 0.2) is 42.5 Å². The number of rotatable bonds is 6. The van der Waals surface area contributed by atoms with Crippen LogP contribution >= 0.6 is 23.2 Å². The van der Waals surface area contributed by atoms with Crippen molar-refractivity contribution in [3.8, 4) is 0 Å². The largest absolute Gasteiger partial charge is 0.383 e. The number of urea groups is 1. The van der Waals surface area contributed by atoms with E-state index in [4.69, 9.17) is 27.9 Å². The minimum Gasteiger partial charge on any atom is -0.383 e. The van der Waals surface area contributed by atoms with Crippen LogP contribution in [0.5, 0.6) is 0 Å². The van der Waals surface area contributed by atoms with E-state index in [0.717, 1.165) is 12.0 Å². The summed E-state index contributed by atoms with van der Waals surface area (Å²) in [5.74, 6) is -0.106. The molecule has 1 heterocycles. The van der Waals surface area contributed by atoms with Crippen LogP contribution in [0.4, 0.5) is 10.5 Å². The molecular weight excluding hydrogens is 425 g/mol. The van der Waals surface area contributed by atoms with E-state index in [1.54, 1.807) is 25.3 Å². The predicted molar refractivity (Wildman–Crippen MR) is 119 cm³/mol. The quantitative estimate of drug-likeness (QED) is 0.699. The number of carbonyl (C=O) groups excluding carboxylic acids is 2. The van der Waals surface area contributed by atoms with Gasteiger partial charge in [0.1, 0.15) is 6.54 Å². The van der Waals surface area contributed by atoms with Gasteiger partial charge in [0.25, 0.3) is 0 Å². The fourth-order valence-corrected chi connectivity index (χ4v) is 4.06. The zero-order chi connectivity index (χ0) is 21.7. The topological polar surface area (TPSA) is 61.9 Å². The van der Waals surface area contributed by atoms with Gasteiger partial charge >= 0.3 is 6.03 Å². The van der Waals surface area contributed by atoms with Crippen molar-refractivity contribution in [1.29, 1.82) is 0 Å². The van der Waals surface area contributed by atoms with Crippen molar-refractivity contribution in [3.05, 3.63) is 63.6 Å². The zero-order valence-corrected chi connectivity index (χ0v) is 18.5. The monoisotopic (exact) mass is 449 g/mol. The number of ether oxygens (including phenoxy) is 1. The summed E-state index contributed by atoms with van der Waals surface area (Å²) in [4.78, 5) is 29.2. The van der Waals surface area contributed by atoms with Gasteiger partial charge < -0.3 is 19.9 Å². The Kier molecular flexibility index (Phi) is 7.58. The highest BCUT2D eigenvalue weighted by Crippen LogP contribution is 2.29. The number of anilines is 1. The molecule has 3 amide bonds. The third kappa shape index (κ3) is 5.25. The lowest BCUT2D eigenvalue weighted by Gasteiger charge is -2.36. The molecule has 0 fully saturated rings. The van der Waals surface area contributed by atoms with Crippen LogP contribution in [0.2, 0.25) is 10.0 Å². The molecular formula is C22H25Cl2N3O3. The van der Waals surface area contributed by atoms with Crippen molar-refractivity contribution < 1.29 is 14.3 Å². The number of nitrogens with one attached hydrogen (secondary N) is 1. The Morgan fingerprint density at radius 1 is 1.23 bits per heavy atom. The minimum atomic E-state index is -0.422. The Labute approximate surface area is 186 Å². The molecule has 2 aromatic carbocycles. The van der Waals surface area contributed by atoms with Crippen LogP contribution in [0.3, 0.4) is 0 Å². The first-order chi connectivity index (χ1) is 14.4. The summed E-state index contributed by atoms with van der Waals surface area (Å²) < 4.78 is 5.12. The number of benzene rings is 2. The number of nitrogens with zero attached hydrogens (tertiary/aromatic N) is 2. The van der Waals surface area contributed by atoms with Crippen LogP contribution in [-0.4, -0.2) is 55.1 Å². The smallest absolute Gasteiger partial charge is 0.322 e. The Balaban J connectivity index is 1.71. The van der Waals surface area contributed by atoms with Crippen molar-refractivity contribution in [3.63, 3.8) is 0 Å². The van der Waals surface area contributed by atoms with Gasteiger partial charge in [-0.1, -0.05) is 47.5 Å². The molecule has 1 unspecified atom stereocenters. The van der Waals surface area contributed by atoms with Crippen LogP contribution in [0.1, 0.15) is 24.1 Å². The van der Waals surface area contributed by atoms with Gasteiger partial charge in [-0.15, -0.1) is 0 Å². The highest BCUT2D eigenvalue weighted by Gasteiger charge is 2.29. The van der Waals surface area contributed by atoms with Gasteiger partial charge in [0.05, 0.1) is 23.4 Å². The molecule has 1 aliphatic rings. The maximum Gasteiger partial charge on any atom is 0.322 e. The summed E-state index contributed by atoms with van der Waals surface area (Å²) in [6, 6.07) is 12.5. The first kappa shape index (κ1) is 22.4. The third-order valence-electron chi connectivity index (χ3n) is 5.27. The third-order valence-corrected chi connectivity index (χ3v) is 5.81. The number of amides is 3. The molecule has 0 saturated carbocycles. The van der Waals surface area contributed by atoms with Crippen LogP contribution < -0.4 is 5.32 Å². The van der Waals surface area contributed by atoms with E-state index in [2.05, 4.69) is 17.4 Å². The lowest BCUT2D eigenvalue weighted by molar-refractivity contribution is -0.134. The number of fused-ring (bicyclic) bond motifs is 1. The SMILES string of the molecule is COCCN(CC(=O)N1CCc2ccccc2C1C)C(=O)Nc1ccc(Cl)cc1Cl. The first-order valence-corrected chi connectivity index (χ1v) is 10.5. The lowest BCUT2D eigenvalue weighted by atomic mass is 9.93. The molecule has 0 saturated heterocycles. The van der Waals surface area contributed by atoms with E-state index in [0.29, 0.717) is 28.9 Å². The summed E-state index contributed by atoms with van der Waals surface area (Å²) >= 11 is 12.1. The number of hydrogen-bond donors (Lipinski definition) is 1. The molecule has 0 spiro atoms. The van der Waals surface area contributed by atoms with Crippen LogP contribution in [-0.2, 0) is 16.0 Å². The molecule has 1 atom stereocenters. The lowest BCUT2D eigenvalue weighted by Crippen LogP contribution is -2.48. The van der Waals surface area contributed by atoms with Crippen molar-refractivity contribution >= 4 is 40.8 Å². The number of methoxy groups -OCH3 is 1. The maximum atomic E-state index is 13.1. The Morgan fingerprint density at radius 3 is 2.73 bits per heavy atom. The first-order valence-electron chi connectivity index (χ1n) is 9.78. The predicted octanol–water partition coefficient (Wildman–Crippen LogP) is 4.62. The molecule has 3 rings (SSSR count). The van der Waals surface area contributed by atoms with Gasteiger partial charge in [-0.2, -0.15) is 0 Å². The molecule has 160 valence electrons. The minimum absolute atomic E-state index is 0.0412. The van der Waals surface area contributed by atoms with Gasteiger partial charge in [-0.05, 0) is 42.7 Å². The molecule has 2 aromatic rings. The van der Waals surface area contributed by atoms with E-state index in [9.17, 15) is 9.59 Å². The molecule has 0 aliphatic carbocycles. The Bertz CT molecular complexity index is 922. The van der Waals surface area contributed by atoms with E-state index in [1.165, 1.54) is 10.5 Å². The van der Waals surface area contributed by atoms with Gasteiger partial charge in [0, 0.05) is 25.2 Å². The number of carbonyl (C=O) groups is 2. The second-order valence-electron chi connectivity index (χ2n) is 7.18. The van der Waals surface area contributed by atoms with Crippen molar-refractivity contribution in [2.75, 3.05) is 38.7 Å². The van der Waals surface area contributed by atoms with E-state index in [1.807, 2.05) is 24.0 Å².